The number of hydrogen-bond acceptors (Lipinski definition) is 6. The van der Waals surface area contributed by atoms with Gasteiger partial charge in [-0.2, -0.15) is 0 Å². The molecule has 0 unspecified atom stereocenters. The molecule has 7 heteroatoms. The minimum absolute atomic E-state index is 0.402. The van der Waals surface area contributed by atoms with Crippen LogP contribution in [0.15, 0.2) is 22.9 Å². The number of aryl methyl sites for hydroxylation is 2. The molecule has 144 valence electrons. The zero-order valence-corrected chi connectivity index (χ0v) is 16.2. The van der Waals surface area contributed by atoms with Crippen LogP contribution < -0.4 is 4.74 Å². The van der Waals surface area contributed by atoms with Crippen molar-refractivity contribution in [1.29, 1.82) is 0 Å². The second-order valence-corrected chi connectivity index (χ2v) is 7.30. The minimum atomic E-state index is 0.402. The molecule has 0 spiro atoms. The average Bonchev–Trinajstić information content (AvgIpc) is 3.31. The number of aromatic nitrogens is 4. The molecule has 1 saturated heterocycles. The predicted octanol–water partition coefficient (Wildman–Crippen LogP) is 4.29. The molecule has 0 aliphatic carbocycles. The molecule has 0 bridgehead atoms. The first-order valence-electron chi connectivity index (χ1n) is 9.53. The molecule has 7 nitrogen and oxygen atoms in total. The van der Waals surface area contributed by atoms with Crippen molar-refractivity contribution in [1.82, 2.24) is 20.1 Å². The fraction of sp³-hybridized carbons (Fsp3) is 0.381. The molecule has 4 heterocycles. The van der Waals surface area contributed by atoms with Crippen LogP contribution in [-0.2, 0) is 4.74 Å². The van der Waals surface area contributed by atoms with E-state index < -0.39 is 0 Å². The third kappa shape index (κ3) is 2.65. The number of aromatic amines is 1. The largest absolute Gasteiger partial charge is 0.496 e. The number of fused-ring (bicyclic) bond motifs is 3. The SMILES string of the molecule is COc1cc2c(cc1-c1c(C)noc1C)ncc1[nH]c(C3CCOCC3)nc12. The maximum Gasteiger partial charge on any atom is 0.141 e. The molecule has 0 atom stereocenters. The minimum Gasteiger partial charge on any atom is -0.496 e. The van der Waals surface area contributed by atoms with Gasteiger partial charge in [0.25, 0.3) is 0 Å². The van der Waals surface area contributed by atoms with E-state index in [-0.39, 0.29) is 0 Å². The van der Waals surface area contributed by atoms with Gasteiger partial charge in [-0.15, -0.1) is 0 Å². The number of pyridine rings is 1. The monoisotopic (exact) mass is 378 g/mol. The smallest absolute Gasteiger partial charge is 0.141 e. The Bertz CT molecular complexity index is 1150. The van der Waals surface area contributed by atoms with Crippen LogP contribution in [0.25, 0.3) is 33.1 Å². The van der Waals surface area contributed by atoms with Crippen LogP contribution in [-0.4, -0.2) is 40.4 Å². The van der Waals surface area contributed by atoms with Crippen LogP contribution in [0.3, 0.4) is 0 Å². The third-order valence-corrected chi connectivity index (χ3v) is 5.57. The highest BCUT2D eigenvalue weighted by Crippen LogP contribution is 2.39. The quantitative estimate of drug-likeness (QED) is 0.572. The molecule has 1 N–H and O–H groups in total. The number of H-pyrrole nitrogens is 1. The molecule has 0 amide bonds. The number of nitrogens with zero attached hydrogens (tertiary/aromatic N) is 3. The third-order valence-electron chi connectivity index (χ3n) is 5.57. The molecule has 4 aromatic rings. The van der Waals surface area contributed by atoms with Gasteiger partial charge < -0.3 is 19.0 Å². The molecule has 1 aromatic carbocycles. The summed E-state index contributed by atoms with van der Waals surface area (Å²) in [5.74, 6) is 2.94. The molecule has 1 aliphatic heterocycles. The van der Waals surface area contributed by atoms with Crippen LogP contribution >= 0.6 is 0 Å². The summed E-state index contributed by atoms with van der Waals surface area (Å²) in [6, 6.07) is 4.05. The molecule has 28 heavy (non-hydrogen) atoms. The number of rotatable bonds is 3. The number of methoxy groups -OCH3 is 1. The maximum absolute atomic E-state index is 5.71. The van der Waals surface area contributed by atoms with Crippen molar-refractivity contribution in [3.05, 3.63) is 35.6 Å². The van der Waals surface area contributed by atoms with E-state index in [0.717, 1.165) is 82.1 Å². The van der Waals surface area contributed by atoms with E-state index in [2.05, 4.69) is 15.1 Å². The van der Waals surface area contributed by atoms with E-state index in [1.54, 1.807) is 7.11 Å². The van der Waals surface area contributed by atoms with Crippen molar-refractivity contribution in [2.45, 2.75) is 32.6 Å². The maximum atomic E-state index is 5.71. The lowest BCUT2D eigenvalue weighted by Gasteiger charge is -2.19. The standard InChI is InChI=1S/C21H22N4O3/c1-11-19(12(2)28-25-11)15-8-16-14(9-18(15)26-3)20-17(10-22-16)23-21(24-20)13-4-6-27-7-5-13/h8-10,13H,4-7H2,1-3H3,(H,23,24). The van der Waals surface area contributed by atoms with Crippen molar-refractivity contribution < 1.29 is 14.0 Å². The van der Waals surface area contributed by atoms with Gasteiger partial charge in [-0.1, -0.05) is 5.16 Å². The van der Waals surface area contributed by atoms with Gasteiger partial charge in [0.15, 0.2) is 0 Å². The first-order chi connectivity index (χ1) is 13.7. The lowest BCUT2D eigenvalue weighted by Crippen LogP contribution is -2.15. The molecule has 1 fully saturated rings. The van der Waals surface area contributed by atoms with Crippen LogP contribution in [0.4, 0.5) is 0 Å². The lowest BCUT2D eigenvalue weighted by atomic mass is 10.00. The Morgan fingerprint density at radius 1 is 1.18 bits per heavy atom. The summed E-state index contributed by atoms with van der Waals surface area (Å²) in [7, 11) is 1.68. The van der Waals surface area contributed by atoms with Crippen molar-refractivity contribution in [2.75, 3.05) is 20.3 Å². The van der Waals surface area contributed by atoms with Crippen molar-refractivity contribution in [3.8, 4) is 16.9 Å². The van der Waals surface area contributed by atoms with Gasteiger partial charge in [0, 0.05) is 30.1 Å². The Morgan fingerprint density at radius 3 is 2.71 bits per heavy atom. The van der Waals surface area contributed by atoms with Gasteiger partial charge in [0.2, 0.25) is 0 Å². The van der Waals surface area contributed by atoms with Gasteiger partial charge in [-0.25, -0.2) is 4.98 Å². The number of ether oxygens (including phenoxy) is 2. The molecule has 5 rings (SSSR count). The van der Waals surface area contributed by atoms with Crippen molar-refractivity contribution in [3.63, 3.8) is 0 Å². The van der Waals surface area contributed by atoms with Gasteiger partial charge in [-0.3, -0.25) is 4.98 Å². The number of benzene rings is 1. The summed E-state index contributed by atoms with van der Waals surface area (Å²) >= 11 is 0. The topological polar surface area (TPSA) is 86.1 Å². The summed E-state index contributed by atoms with van der Waals surface area (Å²) in [5.41, 5.74) is 5.45. The lowest BCUT2D eigenvalue weighted by molar-refractivity contribution is 0.0838. The number of imidazole rings is 1. The van der Waals surface area contributed by atoms with E-state index in [1.165, 1.54) is 0 Å². The van der Waals surface area contributed by atoms with E-state index in [9.17, 15) is 0 Å². The molecule has 1 aliphatic rings. The average molecular weight is 378 g/mol. The van der Waals surface area contributed by atoms with E-state index in [0.29, 0.717) is 5.92 Å². The zero-order chi connectivity index (χ0) is 19.3. The summed E-state index contributed by atoms with van der Waals surface area (Å²) < 4.78 is 16.5. The van der Waals surface area contributed by atoms with Gasteiger partial charge >= 0.3 is 0 Å². The summed E-state index contributed by atoms with van der Waals surface area (Å²) in [6.07, 6.45) is 3.84. The summed E-state index contributed by atoms with van der Waals surface area (Å²) in [5, 5.41) is 5.05. The van der Waals surface area contributed by atoms with Crippen LogP contribution in [0, 0.1) is 13.8 Å². The van der Waals surface area contributed by atoms with Gasteiger partial charge in [-0.05, 0) is 38.8 Å². The highest BCUT2D eigenvalue weighted by Gasteiger charge is 2.22. The van der Waals surface area contributed by atoms with Crippen LogP contribution in [0.5, 0.6) is 5.75 Å². The Hall–Kier alpha value is -2.93. The highest BCUT2D eigenvalue weighted by molar-refractivity contribution is 6.04. The van der Waals surface area contributed by atoms with Gasteiger partial charge in [0.1, 0.15) is 17.3 Å². The molecular weight excluding hydrogens is 356 g/mol. The number of hydrogen-bond donors (Lipinski definition) is 1. The first-order valence-corrected chi connectivity index (χ1v) is 9.53. The van der Waals surface area contributed by atoms with Crippen molar-refractivity contribution in [2.24, 2.45) is 0 Å². The highest BCUT2D eigenvalue weighted by atomic mass is 16.5. The predicted molar refractivity (Wildman–Crippen MR) is 106 cm³/mol. The first kappa shape index (κ1) is 17.2. The van der Waals surface area contributed by atoms with Gasteiger partial charge in [0.05, 0.1) is 41.1 Å². The summed E-state index contributed by atoms with van der Waals surface area (Å²) in [4.78, 5) is 13.1. The fourth-order valence-corrected chi connectivity index (χ4v) is 4.10. The molecule has 3 aromatic heterocycles. The van der Waals surface area contributed by atoms with Crippen LogP contribution in [0.2, 0.25) is 0 Å². The second kappa shape index (κ2) is 6.60. The number of nitrogens with one attached hydrogen (secondary N) is 1. The Labute approximate surface area is 162 Å². The fourth-order valence-electron chi connectivity index (χ4n) is 4.10. The Kier molecular flexibility index (Phi) is 4.05. The van der Waals surface area contributed by atoms with E-state index in [4.69, 9.17) is 19.0 Å². The normalized spacial score (nSPS) is 15.5. The molecule has 0 radical (unpaired) electrons. The Morgan fingerprint density at radius 2 is 2.00 bits per heavy atom. The van der Waals surface area contributed by atoms with Crippen molar-refractivity contribution >= 4 is 21.9 Å². The second-order valence-electron chi connectivity index (χ2n) is 7.30. The zero-order valence-electron chi connectivity index (χ0n) is 16.2. The van der Waals surface area contributed by atoms with Crippen LogP contribution in [0.1, 0.15) is 36.0 Å². The van der Waals surface area contributed by atoms with E-state index in [1.807, 2.05) is 32.2 Å². The summed E-state index contributed by atoms with van der Waals surface area (Å²) in [6.45, 7) is 5.41. The molecule has 0 saturated carbocycles. The van der Waals surface area contributed by atoms with E-state index >= 15 is 0 Å². The molecular formula is C21H22N4O3. The Balaban J connectivity index is 1.70.